The van der Waals surface area contributed by atoms with Gasteiger partial charge in [-0.2, -0.15) is 15.2 Å². The average Bonchev–Trinajstić information content (AvgIpc) is 3.87. The molecule has 8 heterocycles. The summed E-state index contributed by atoms with van der Waals surface area (Å²) in [6.45, 7) is 5.79. The fraction of sp³-hybridized carbons (Fsp3) is 0.455. The summed E-state index contributed by atoms with van der Waals surface area (Å²) in [5.74, 6) is 0.550. The predicted molar refractivity (Wildman–Crippen MR) is 269 cm³/mol. The largest absolute Gasteiger partial charge is 0.508 e. The van der Waals surface area contributed by atoms with Crippen LogP contribution in [0.25, 0.3) is 32.9 Å². The summed E-state index contributed by atoms with van der Waals surface area (Å²) in [6, 6.07) is 12.3. The number of aromatic hydroxyl groups is 1. The lowest BCUT2D eigenvalue weighted by Crippen LogP contribution is -2.56. The Labute approximate surface area is 426 Å². The third kappa shape index (κ3) is 9.01. The van der Waals surface area contributed by atoms with Gasteiger partial charge in [0.05, 0.1) is 25.3 Å². The van der Waals surface area contributed by atoms with E-state index in [-0.39, 0.29) is 112 Å². The number of anilines is 2. The van der Waals surface area contributed by atoms with Crippen LogP contribution in [0, 0.1) is 47.1 Å². The van der Waals surface area contributed by atoms with Gasteiger partial charge in [0.1, 0.15) is 40.0 Å². The maximum Gasteiger partial charge on any atom is 0.319 e. The second-order valence-corrected chi connectivity index (χ2v) is 20.5. The molecule has 6 aliphatic rings. The van der Waals surface area contributed by atoms with Crippen LogP contribution in [0.4, 0.5) is 20.3 Å². The number of carbonyl (C=O) groups is 4. The quantitative estimate of drug-likeness (QED) is 0.108. The summed E-state index contributed by atoms with van der Waals surface area (Å²) < 4.78 is 45.2. The van der Waals surface area contributed by atoms with E-state index in [1.807, 2.05) is 21.9 Å². The number of likely N-dealkylation sites (tertiary alicyclic amines) is 1. The molecule has 74 heavy (non-hydrogen) atoms. The van der Waals surface area contributed by atoms with Gasteiger partial charge < -0.3 is 39.1 Å². The summed E-state index contributed by atoms with van der Waals surface area (Å²) in [5.41, 5.74) is 2.06. The summed E-state index contributed by atoms with van der Waals surface area (Å²) in [5, 5.41) is 23.2. The normalized spacial score (nSPS) is 22.3. The number of pyridine rings is 1. The van der Waals surface area contributed by atoms with Crippen LogP contribution in [0.2, 0.25) is 0 Å². The molecule has 0 aliphatic carbocycles. The molecule has 4 amide bonds. The monoisotopic (exact) mass is 1010 g/mol. The van der Waals surface area contributed by atoms with E-state index in [1.54, 1.807) is 4.90 Å². The number of terminal acetylenes is 1. The zero-order chi connectivity index (χ0) is 51.4. The summed E-state index contributed by atoms with van der Waals surface area (Å²) in [4.78, 5) is 75.6. The number of methoxy groups -OCH3 is 1. The van der Waals surface area contributed by atoms with Crippen LogP contribution in [0.3, 0.4) is 0 Å². The van der Waals surface area contributed by atoms with Crippen molar-refractivity contribution in [3.05, 3.63) is 70.8 Å². The van der Waals surface area contributed by atoms with Gasteiger partial charge in [-0.15, -0.1) is 6.42 Å². The molecular formula is C55H56F2N10O7. The zero-order valence-electron chi connectivity index (χ0n) is 41.1. The van der Waals surface area contributed by atoms with E-state index in [9.17, 15) is 29.5 Å². The van der Waals surface area contributed by atoms with Gasteiger partial charge in [0.15, 0.2) is 5.82 Å². The van der Waals surface area contributed by atoms with Crippen molar-refractivity contribution >= 4 is 56.8 Å². The van der Waals surface area contributed by atoms with Crippen LogP contribution < -0.4 is 24.6 Å². The number of imide groups is 1. The highest BCUT2D eigenvalue weighted by molar-refractivity contribution is 6.06. The van der Waals surface area contributed by atoms with E-state index in [0.717, 1.165) is 82.5 Å². The Morgan fingerprint density at radius 3 is 2.45 bits per heavy atom. The molecule has 0 spiro atoms. The molecule has 382 valence electrons. The van der Waals surface area contributed by atoms with Gasteiger partial charge in [-0.25, -0.2) is 13.8 Å². The number of ether oxygens (including phenoxy) is 2. The molecular weight excluding hydrogens is 951 g/mol. The van der Waals surface area contributed by atoms with Gasteiger partial charge in [0.25, 0.3) is 5.91 Å². The Balaban J connectivity index is 0.812. The number of hydrogen-bond donors (Lipinski definition) is 2. The summed E-state index contributed by atoms with van der Waals surface area (Å²) in [7, 11) is 1.40. The summed E-state index contributed by atoms with van der Waals surface area (Å²) >= 11 is 0. The second-order valence-electron chi connectivity index (χ2n) is 20.5. The molecule has 17 nitrogen and oxygen atoms in total. The van der Waals surface area contributed by atoms with Crippen LogP contribution >= 0.6 is 0 Å². The number of phenols is 1. The number of hydrogen-bond acceptors (Lipinski definition) is 14. The molecule has 5 aromatic rings. The fourth-order valence-electron chi connectivity index (χ4n) is 12.4. The van der Waals surface area contributed by atoms with Crippen molar-refractivity contribution in [2.75, 3.05) is 69.3 Å². The standard InChI is InChI=1S/C55H56F2N10O7/c1-3-39-42(56)13-8-33-23-38(68)24-41(46(33)39)49-48(57)50-47(53(60-49)73-2)51(65-28-36-9-10-37(29-65)67(36)45(70)7-4-18-58)62-55(61-50)74-30-32-6-5-19-63(26-32)25-31-16-20-64(21-17-31)35-11-12-40-34(22-35)27-66(54(40)72)43-14-15-44(69)59-52(43)71/h1,8,11-13,22-24,31-32,36-37,43,68H,4-7,9-10,14-17,19-21,25-30H2,2H3,(H,59,69,71). The van der Waals surface area contributed by atoms with Gasteiger partial charge in [-0.05, 0) is 105 Å². The number of carbonyl (C=O) groups excluding carboxylic acids is 4. The predicted octanol–water partition coefficient (Wildman–Crippen LogP) is 6.07. The highest BCUT2D eigenvalue weighted by Crippen LogP contribution is 2.44. The van der Waals surface area contributed by atoms with Gasteiger partial charge in [0, 0.05) is 105 Å². The summed E-state index contributed by atoms with van der Waals surface area (Å²) in [6.07, 6.45) is 12.0. The van der Waals surface area contributed by atoms with Gasteiger partial charge in [-0.1, -0.05) is 12.0 Å². The number of fused-ring (bicyclic) bond motifs is 5. The fourth-order valence-corrected chi connectivity index (χ4v) is 12.4. The Kier molecular flexibility index (Phi) is 13.1. The first-order valence-electron chi connectivity index (χ1n) is 25.6. The third-order valence-electron chi connectivity index (χ3n) is 15.9. The number of nitrogens with one attached hydrogen (secondary N) is 1. The first-order chi connectivity index (χ1) is 35.9. The van der Waals surface area contributed by atoms with Crippen molar-refractivity contribution in [2.45, 2.75) is 88.9 Å². The smallest absolute Gasteiger partial charge is 0.319 e. The number of rotatable bonds is 12. The average molecular weight is 1010 g/mol. The lowest BCUT2D eigenvalue weighted by molar-refractivity contribution is -0.137. The molecule has 2 aromatic heterocycles. The number of halogens is 2. The number of phenolic OH excluding ortho intramolecular Hbond substituents is 1. The minimum atomic E-state index is -0.876. The number of benzene rings is 3. The SMILES string of the molecule is C#Cc1c(F)ccc2cc(O)cc(-c3nc(OC)c4c(N5CC6CCC(C5)N6C(=O)CCC#N)nc(OCC5CCCN(CC6CCN(c7ccc8c(c7)CN(C7CCC(=O)NC7=O)C8=O)CC6)C5)nc4c3F)c12. The maximum atomic E-state index is 17.6. The topological polar surface area (TPSA) is 198 Å². The molecule has 2 N–H and O–H groups in total. The Morgan fingerprint density at radius 1 is 0.905 bits per heavy atom. The van der Waals surface area contributed by atoms with Gasteiger partial charge in [-0.3, -0.25) is 24.5 Å². The van der Waals surface area contributed by atoms with E-state index in [4.69, 9.17) is 25.9 Å². The van der Waals surface area contributed by atoms with E-state index in [1.165, 1.54) is 31.4 Å². The van der Waals surface area contributed by atoms with E-state index >= 15 is 8.78 Å². The van der Waals surface area contributed by atoms with E-state index in [0.29, 0.717) is 48.7 Å². The van der Waals surface area contributed by atoms with Gasteiger partial charge >= 0.3 is 6.01 Å². The molecule has 11 rings (SSSR count). The molecule has 4 atom stereocenters. The van der Waals surface area contributed by atoms with Gasteiger partial charge in [0.2, 0.25) is 23.6 Å². The highest BCUT2D eigenvalue weighted by Gasteiger charge is 2.44. The van der Waals surface area contributed by atoms with Crippen molar-refractivity contribution in [3.63, 3.8) is 0 Å². The zero-order valence-corrected chi connectivity index (χ0v) is 41.1. The number of nitriles is 1. The van der Waals surface area contributed by atoms with Crippen molar-refractivity contribution in [1.29, 1.82) is 5.26 Å². The van der Waals surface area contributed by atoms with Crippen molar-refractivity contribution in [3.8, 4) is 47.3 Å². The number of piperazine rings is 1. The molecule has 2 bridgehead atoms. The molecule has 4 unspecified atom stereocenters. The maximum absolute atomic E-state index is 17.6. The first-order valence-corrected chi connectivity index (χ1v) is 25.6. The number of piperidine rings is 3. The van der Waals surface area contributed by atoms with E-state index in [2.05, 4.69) is 38.2 Å². The Hall–Kier alpha value is -7.64. The Bertz CT molecular complexity index is 3190. The lowest BCUT2D eigenvalue weighted by Gasteiger charge is -2.42. The van der Waals surface area contributed by atoms with Crippen molar-refractivity contribution < 1.29 is 42.5 Å². The van der Waals surface area contributed by atoms with Crippen LogP contribution in [0.5, 0.6) is 17.6 Å². The Morgan fingerprint density at radius 2 is 1.70 bits per heavy atom. The molecule has 5 saturated heterocycles. The van der Waals surface area contributed by atoms with Crippen LogP contribution in [0.1, 0.15) is 85.7 Å². The molecule has 19 heteroatoms. The van der Waals surface area contributed by atoms with E-state index < -0.39 is 23.6 Å². The molecule has 0 saturated carbocycles. The lowest BCUT2D eigenvalue weighted by atomic mass is 9.93. The highest BCUT2D eigenvalue weighted by atomic mass is 19.1. The minimum Gasteiger partial charge on any atom is -0.508 e. The number of nitrogens with zero attached hydrogens (tertiary/aromatic N) is 9. The molecule has 0 radical (unpaired) electrons. The minimum absolute atomic E-state index is 0.0103. The van der Waals surface area contributed by atoms with Crippen LogP contribution in [0.15, 0.2) is 42.5 Å². The van der Waals surface area contributed by atoms with Crippen LogP contribution in [-0.2, 0) is 20.9 Å². The van der Waals surface area contributed by atoms with Crippen LogP contribution in [-0.4, -0.2) is 136 Å². The van der Waals surface area contributed by atoms with Crippen molar-refractivity contribution in [2.24, 2.45) is 11.8 Å². The number of amides is 4. The molecule has 5 fully saturated rings. The molecule has 6 aliphatic heterocycles. The molecule has 3 aromatic carbocycles. The second kappa shape index (κ2) is 20.0. The number of aromatic nitrogens is 3. The first kappa shape index (κ1) is 48.6. The van der Waals surface area contributed by atoms with Crippen molar-refractivity contribution in [1.82, 2.24) is 35.0 Å². The third-order valence-corrected chi connectivity index (χ3v) is 15.9.